The van der Waals surface area contributed by atoms with Crippen LogP contribution in [0.3, 0.4) is 0 Å². The van der Waals surface area contributed by atoms with Crippen LogP contribution in [0.25, 0.3) is 0 Å². The number of pyridine rings is 1. The van der Waals surface area contributed by atoms with Gasteiger partial charge >= 0.3 is 0 Å². The Bertz CT molecular complexity index is 689. The van der Waals surface area contributed by atoms with E-state index in [4.69, 9.17) is 19.5 Å². The summed E-state index contributed by atoms with van der Waals surface area (Å²) in [7, 11) is 0. The standard InChI is InChI=1S/C22H34N4O3/c1-5-28-21-18(25-22(29-6-2)19(26-21)16(3)4)13-8-7-10-15-24-20(27)17-12-9-11-14-23-17/h9,11-12,14,16,18-19H,5-8,10,13,15H2,1-4H3,(H,24,27)/t18-,19?/m1/s1. The molecule has 0 aromatic carbocycles. The van der Waals surface area contributed by atoms with E-state index in [-0.39, 0.29) is 18.0 Å². The maximum absolute atomic E-state index is 12.0. The van der Waals surface area contributed by atoms with E-state index in [0.29, 0.717) is 31.4 Å². The molecule has 1 aliphatic heterocycles. The van der Waals surface area contributed by atoms with Gasteiger partial charge in [-0.15, -0.1) is 0 Å². The van der Waals surface area contributed by atoms with Crippen molar-refractivity contribution in [2.75, 3.05) is 19.8 Å². The summed E-state index contributed by atoms with van der Waals surface area (Å²) in [5.74, 6) is 1.62. The third kappa shape index (κ3) is 7.15. The first-order valence-electron chi connectivity index (χ1n) is 10.7. The quantitative estimate of drug-likeness (QED) is 0.605. The van der Waals surface area contributed by atoms with Crippen molar-refractivity contribution in [3.63, 3.8) is 0 Å². The first kappa shape index (κ1) is 22.8. The molecule has 0 bridgehead atoms. The molecule has 2 rings (SSSR count). The molecule has 29 heavy (non-hydrogen) atoms. The Hall–Kier alpha value is -2.44. The predicted octanol–water partition coefficient (Wildman–Crippen LogP) is 3.65. The monoisotopic (exact) mass is 402 g/mol. The van der Waals surface area contributed by atoms with Gasteiger partial charge in [-0.2, -0.15) is 0 Å². The number of carbonyl (C=O) groups excluding carboxylic acids is 1. The van der Waals surface area contributed by atoms with Crippen molar-refractivity contribution in [2.24, 2.45) is 15.9 Å². The Morgan fingerprint density at radius 2 is 1.83 bits per heavy atom. The van der Waals surface area contributed by atoms with E-state index in [0.717, 1.165) is 37.5 Å². The predicted molar refractivity (Wildman–Crippen MR) is 116 cm³/mol. The van der Waals surface area contributed by atoms with Gasteiger partial charge in [0.1, 0.15) is 17.8 Å². The van der Waals surface area contributed by atoms with Crippen LogP contribution in [0.15, 0.2) is 34.4 Å². The summed E-state index contributed by atoms with van der Waals surface area (Å²) < 4.78 is 11.5. The van der Waals surface area contributed by atoms with E-state index in [1.54, 1.807) is 18.3 Å². The first-order valence-corrected chi connectivity index (χ1v) is 10.7. The minimum atomic E-state index is -0.130. The van der Waals surface area contributed by atoms with E-state index >= 15 is 0 Å². The Balaban J connectivity index is 1.80. The van der Waals surface area contributed by atoms with Crippen LogP contribution in [-0.4, -0.2) is 54.5 Å². The van der Waals surface area contributed by atoms with Gasteiger partial charge in [0.05, 0.1) is 13.2 Å². The van der Waals surface area contributed by atoms with Crippen LogP contribution < -0.4 is 5.32 Å². The van der Waals surface area contributed by atoms with Crippen molar-refractivity contribution < 1.29 is 14.3 Å². The van der Waals surface area contributed by atoms with Crippen LogP contribution in [0.4, 0.5) is 0 Å². The van der Waals surface area contributed by atoms with Crippen LogP contribution in [0.5, 0.6) is 0 Å². The maximum atomic E-state index is 12.0. The van der Waals surface area contributed by atoms with Gasteiger partial charge in [-0.25, -0.2) is 9.98 Å². The number of nitrogens with one attached hydrogen (secondary N) is 1. The smallest absolute Gasteiger partial charge is 0.269 e. The number of hydrogen-bond acceptors (Lipinski definition) is 6. The highest BCUT2D eigenvalue weighted by atomic mass is 16.5. The number of hydrogen-bond donors (Lipinski definition) is 1. The molecular formula is C22H34N4O3. The average Bonchev–Trinajstić information content (AvgIpc) is 2.72. The molecule has 2 heterocycles. The zero-order chi connectivity index (χ0) is 21.1. The fourth-order valence-corrected chi connectivity index (χ4v) is 3.17. The van der Waals surface area contributed by atoms with Crippen LogP contribution in [-0.2, 0) is 9.47 Å². The van der Waals surface area contributed by atoms with Gasteiger partial charge in [0, 0.05) is 12.7 Å². The minimum absolute atomic E-state index is 0.0745. The fraction of sp³-hybridized carbons (Fsp3) is 0.636. The molecular weight excluding hydrogens is 368 g/mol. The molecule has 1 aromatic heterocycles. The summed E-state index contributed by atoms with van der Waals surface area (Å²) in [4.78, 5) is 25.7. The van der Waals surface area contributed by atoms with Gasteiger partial charge in [-0.3, -0.25) is 9.78 Å². The highest BCUT2D eigenvalue weighted by molar-refractivity contribution is 5.94. The van der Waals surface area contributed by atoms with Crippen molar-refractivity contribution >= 4 is 17.7 Å². The lowest BCUT2D eigenvalue weighted by atomic mass is 10.0. The molecule has 0 fully saturated rings. The van der Waals surface area contributed by atoms with Crippen molar-refractivity contribution in [1.82, 2.24) is 10.3 Å². The molecule has 1 aromatic rings. The van der Waals surface area contributed by atoms with Crippen molar-refractivity contribution in [3.8, 4) is 0 Å². The summed E-state index contributed by atoms with van der Waals surface area (Å²) in [6.45, 7) is 9.97. The maximum Gasteiger partial charge on any atom is 0.269 e. The van der Waals surface area contributed by atoms with Crippen molar-refractivity contribution in [1.29, 1.82) is 0 Å². The molecule has 0 saturated carbocycles. The Morgan fingerprint density at radius 1 is 1.07 bits per heavy atom. The Labute approximate surface area is 174 Å². The molecule has 2 atom stereocenters. The largest absolute Gasteiger partial charge is 0.480 e. The molecule has 7 heteroatoms. The number of rotatable bonds is 10. The number of nitrogens with zero attached hydrogens (tertiary/aromatic N) is 3. The highest BCUT2D eigenvalue weighted by Crippen LogP contribution is 2.21. The third-order valence-corrected chi connectivity index (χ3v) is 4.64. The normalized spacial score (nSPS) is 18.8. The highest BCUT2D eigenvalue weighted by Gasteiger charge is 2.31. The van der Waals surface area contributed by atoms with Crippen molar-refractivity contribution in [2.45, 2.75) is 65.5 Å². The lowest BCUT2D eigenvalue weighted by molar-refractivity contribution is 0.0948. The minimum Gasteiger partial charge on any atom is -0.480 e. The molecule has 0 spiro atoms. The van der Waals surface area contributed by atoms with E-state index in [2.05, 4.69) is 24.1 Å². The van der Waals surface area contributed by atoms with Gasteiger partial charge in [-0.05, 0) is 44.7 Å². The topological polar surface area (TPSA) is 85.2 Å². The van der Waals surface area contributed by atoms with Gasteiger partial charge in [0.2, 0.25) is 11.8 Å². The van der Waals surface area contributed by atoms with Gasteiger partial charge in [0.15, 0.2) is 0 Å². The molecule has 1 unspecified atom stereocenters. The number of amides is 1. The third-order valence-electron chi connectivity index (χ3n) is 4.64. The van der Waals surface area contributed by atoms with Gasteiger partial charge in [-0.1, -0.05) is 32.8 Å². The second-order valence-corrected chi connectivity index (χ2v) is 7.33. The zero-order valence-corrected chi connectivity index (χ0v) is 18.1. The van der Waals surface area contributed by atoms with E-state index in [9.17, 15) is 4.79 Å². The first-order chi connectivity index (χ1) is 14.1. The molecule has 0 saturated heterocycles. The molecule has 1 aliphatic rings. The number of carbonyl (C=O) groups is 1. The number of ether oxygens (including phenoxy) is 2. The number of aromatic nitrogens is 1. The van der Waals surface area contributed by atoms with E-state index in [1.165, 1.54) is 0 Å². The van der Waals surface area contributed by atoms with Crippen LogP contribution in [0, 0.1) is 5.92 Å². The van der Waals surface area contributed by atoms with E-state index in [1.807, 2.05) is 19.9 Å². The summed E-state index contributed by atoms with van der Waals surface area (Å²) in [5.41, 5.74) is 0.449. The van der Waals surface area contributed by atoms with Crippen molar-refractivity contribution in [3.05, 3.63) is 30.1 Å². The zero-order valence-electron chi connectivity index (χ0n) is 18.1. The molecule has 7 nitrogen and oxygen atoms in total. The van der Waals surface area contributed by atoms with Gasteiger partial charge in [0.25, 0.3) is 5.91 Å². The molecule has 1 N–H and O–H groups in total. The Kier molecular flexibility index (Phi) is 9.60. The lowest BCUT2D eigenvalue weighted by Gasteiger charge is -2.28. The Morgan fingerprint density at radius 3 is 2.48 bits per heavy atom. The van der Waals surface area contributed by atoms with Gasteiger partial charge < -0.3 is 14.8 Å². The van der Waals surface area contributed by atoms with Crippen LogP contribution in [0.2, 0.25) is 0 Å². The lowest BCUT2D eigenvalue weighted by Crippen LogP contribution is -2.38. The molecule has 1 amide bonds. The SMILES string of the molecule is CCOC1=N[C@H](CCCCCNC(=O)c2ccccn2)C(OCC)=NC1C(C)C. The summed E-state index contributed by atoms with van der Waals surface area (Å²) in [6.07, 6.45) is 5.35. The van der Waals surface area contributed by atoms with Crippen LogP contribution in [0.1, 0.15) is 63.9 Å². The number of unbranched alkanes of at least 4 members (excludes halogenated alkanes) is 2. The molecule has 0 aliphatic carbocycles. The van der Waals surface area contributed by atoms with Crippen LogP contribution >= 0.6 is 0 Å². The van der Waals surface area contributed by atoms with E-state index < -0.39 is 0 Å². The summed E-state index contributed by atoms with van der Waals surface area (Å²) >= 11 is 0. The summed E-state index contributed by atoms with van der Waals surface area (Å²) in [5, 5.41) is 2.91. The second-order valence-electron chi connectivity index (χ2n) is 7.33. The summed E-state index contributed by atoms with van der Waals surface area (Å²) in [6, 6.07) is 5.16. The fourth-order valence-electron chi connectivity index (χ4n) is 3.17. The molecule has 0 radical (unpaired) electrons. The second kappa shape index (κ2) is 12.2. The average molecular weight is 403 g/mol. The molecule has 160 valence electrons. The number of aliphatic imine (C=N–C) groups is 2.